The van der Waals surface area contributed by atoms with E-state index >= 15 is 0 Å². The van der Waals surface area contributed by atoms with Crippen molar-refractivity contribution in [3.63, 3.8) is 0 Å². The number of benzene rings is 2. The van der Waals surface area contributed by atoms with E-state index < -0.39 is 40.9 Å². The van der Waals surface area contributed by atoms with E-state index in [0.717, 1.165) is 24.3 Å². The van der Waals surface area contributed by atoms with Gasteiger partial charge in [-0.15, -0.1) is 0 Å². The normalized spacial score (nSPS) is 15.5. The Hall–Kier alpha value is -2.97. The Morgan fingerprint density at radius 3 is 2.55 bits per heavy atom. The SMILES string of the molecule is O=C(NC(CN1CCCC1=O)c1cccc(C(F)(F)F)c1)c1cc(F)ccc1F. The van der Waals surface area contributed by atoms with Crippen molar-refractivity contribution in [3.8, 4) is 0 Å². The zero-order valence-corrected chi connectivity index (χ0v) is 15.1. The van der Waals surface area contributed by atoms with Crippen molar-refractivity contribution in [1.29, 1.82) is 0 Å². The number of rotatable bonds is 5. The summed E-state index contributed by atoms with van der Waals surface area (Å²) in [6.45, 7) is 0.321. The Morgan fingerprint density at radius 1 is 1.14 bits per heavy atom. The summed E-state index contributed by atoms with van der Waals surface area (Å²) in [5.74, 6) is -2.98. The number of amides is 2. The van der Waals surface area contributed by atoms with E-state index in [9.17, 15) is 31.5 Å². The summed E-state index contributed by atoms with van der Waals surface area (Å²) in [6, 6.07) is 5.62. The van der Waals surface area contributed by atoms with Crippen molar-refractivity contribution in [2.75, 3.05) is 13.1 Å². The monoisotopic (exact) mass is 412 g/mol. The number of nitrogens with one attached hydrogen (secondary N) is 1. The maximum absolute atomic E-state index is 13.9. The van der Waals surface area contributed by atoms with E-state index in [1.165, 1.54) is 17.0 Å². The Balaban J connectivity index is 1.92. The Kier molecular flexibility index (Phi) is 5.86. The van der Waals surface area contributed by atoms with Crippen molar-refractivity contribution in [2.24, 2.45) is 0 Å². The van der Waals surface area contributed by atoms with Crippen molar-refractivity contribution in [3.05, 3.63) is 70.8 Å². The summed E-state index contributed by atoms with van der Waals surface area (Å²) in [7, 11) is 0. The number of carbonyl (C=O) groups is 2. The summed E-state index contributed by atoms with van der Waals surface area (Å²) < 4.78 is 66.6. The van der Waals surface area contributed by atoms with E-state index in [1.807, 2.05) is 0 Å². The van der Waals surface area contributed by atoms with Crippen LogP contribution in [0.15, 0.2) is 42.5 Å². The second-order valence-electron chi connectivity index (χ2n) is 6.72. The molecule has 1 saturated heterocycles. The molecule has 1 fully saturated rings. The van der Waals surface area contributed by atoms with Crippen LogP contribution in [0.3, 0.4) is 0 Å². The molecule has 1 aliphatic heterocycles. The van der Waals surface area contributed by atoms with Crippen LogP contribution in [0.25, 0.3) is 0 Å². The molecule has 4 nitrogen and oxygen atoms in total. The molecule has 29 heavy (non-hydrogen) atoms. The lowest BCUT2D eigenvalue weighted by Gasteiger charge is -2.26. The molecule has 3 rings (SSSR count). The third kappa shape index (κ3) is 4.90. The number of carbonyl (C=O) groups excluding carboxylic acids is 2. The molecule has 0 spiro atoms. The third-order valence-electron chi connectivity index (χ3n) is 4.67. The van der Waals surface area contributed by atoms with Crippen LogP contribution in [0.5, 0.6) is 0 Å². The Bertz CT molecular complexity index is 929. The summed E-state index contributed by atoms with van der Waals surface area (Å²) in [5.41, 5.74) is -1.39. The van der Waals surface area contributed by atoms with Crippen LogP contribution < -0.4 is 5.32 Å². The molecular formula is C20H17F5N2O2. The van der Waals surface area contributed by atoms with Gasteiger partial charge in [-0.3, -0.25) is 9.59 Å². The first kappa shape index (κ1) is 20.8. The lowest BCUT2D eigenvalue weighted by Crippen LogP contribution is -2.39. The van der Waals surface area contributed by atoms with E-state index in [2.05, 4.69) is 5.32 Å². The number of hydrogen-bond donors (Lipinski definition) is 1. The van der Waals surface area contributed by atoms with Gasteiger partial charge < -0.3 is 10.2 Å². The van der Waals surface area contributed by atoms with Crippen LogP contribution in [0.1, 0.15) is 40.4 Å². The zero-order valence-electron chi connectivity index (χ0n) is 15.1. The third-order valence-corrected chi connectivity index (χ3v) is 4.67. The molecule has 0 bridgehead atoms. The van der Waals surface area contributed by atoms with Crippen LogP contribution in [0.4, 0.5) is 22.0 Å². The fourth-order valence-corrected chi connectivity index (χ4v) is 3.19. The maximum atomic E-state index is 13.9. The number of likely N-dealkylation sites (tertiary alicyclic amines) is 1. The molecule has 0 saturated carbocycles. The van der Waals surface area contributed by atoms with Crippen molar-refractivity contribution in [1.82, 2.24) is 10.2 Å². The Labute approximate surface area is 163 Å². The molecule has 1 atom stereocenters. The van der Waals surface area contributed by atoms with Gasteiger partial charge in [0, 0.05) is 19.5 Å². The molecule has 2 amide bonds. The lowest BCUT2D eigenvalue weighted by molar-refractivity contribution is -0.137. The average Bonchev–Trinajstić information content (AvgIpc) is 3.07. The predicted molar refractivity (Wildman–Crippen MR) is 93.8 cm³/mol. The quantitative estimate of drug-likeness (QED) is 0.753. The second kappa shape index (κ2) is 8.18. The van der Waals surface area contributed by atoms with E-state index in [4.69, 9.17) is 0 Å². The summed E-state index contributed by atoms with van der Waals surface area (Å²) in [6.07, 6.45) is -3.69. The molecule has 0 radical (unpaired) electrons. The minimum Gasteiger partial charge on any atom is -0.343 e. The van der Waals surface area contributed by atoms with Gasteiger partial charge in [-0.2, -0.15) is 13.2 Å². The van der Waals surface area contributed by atoms with Crippen LogP contribution in [-0.2, 0) is 11.0 Å². The minimum atomic E-state index is -4.59. The molecule has 154 valence electrons. The zero-order chi connectivity index (χ0) is 21.2. The number of halogens is 5. The highest BCUT2D eigenvalue weighted by Gasteiger charge is 2.32. The minimum absolute atomic E-state index is 0.0805. The van der Waals surface area contributed by atoms with E-state index in [-0.39, 0.29) is 18.0 Å². The highest BCUT2D eigenvalue weighted by Crippen LogP contribution is 2.31. The lowest BCUT2D eigenvalue weighted by atomic mass is 10.0. The molecule has 9 heteroatoms. The van der Waals surface area contributed by atoms with Gasteiger partial charge in [-0.05, 0) is 42.3 Å². The van der Waals surface area contributed by atoms with Gasteiger partial charge >= 0.3 is 6.18 Å². The fraction of sp³-hybridized carbons (Fsp3) is 0.300. The van der Waals surface area contributed by atoms with Gasteiger partial charge in [-0.25, -0.2) is 8.78 Å². The van der Waals surface area contributed by atoms with Crippen LogP contribution in [0.2, 0.25) is 0 Å². The van der Waals surface area contributed by atoms with Gasteiger partial charge in [0.05, 0.1) is 17.2 Å². The van der Waals surface area contributed by atoms with E-state index in [0.29, 0.717) is 25.5 Å². The summed E-state index contributed by atoms with van der Waals surface area (Å²) in [5, 5.41) is 2.44. The molecule has 1 unspecified atom stereocenters. The number of nitrogens with zero attached hydrogens (tertiary/aromatic N) is 1. The molecule has 2 aromatic carbocycles. The molecule has 1 N–H and O–H groups in total. The molecule has 2 aromatic rings. The first-order chi connectivity index (χ1) is 13.6. The molecule has 0 aromatic heterocycles. The second-order valence-corrected chi connectivity index (χ2v) is 6.72. The summed E-state index contributed by atoms with van der Waals surface area (Å²) >= 11 is 0. The highest BCUT2D eigenvalue weighted by atomic mass is 19.4. The van der Waals surface area contributed by atoms with Gasteiger partial charge in [-0.1, -0.05) is 12.1 Å². The Morgan fingerprint density at radius 2 is 1.90 bits per heavy atom. The average molecular weight is 412 g/mol. The topological polar surface area (TPSA) is 49.4 Å². The molecule has 0 aliphatic carbocycles. The van der Waals surface area contributed by atoms with Crippen LogP contribution in [-0.4, -0.2) is 29.8 Å². The number of hydrogen-bond acceptors (Lipinski definition) is 2. The van der Waals surface area contributed by atoms with Gasteiger partial charge in [0.1, 0.15) is 11.6 Å². The van der Waals surface area contributed by atoms with Crippen molar-refractivity contribution in [2.45, 2.75) is 25.1 Å². The fourth-order valence-electron chi connectivity index (χ4n) is 3.19. The van der Waals surface area contributed by atoms with E-state index in [1.54, 1.807) is 0 Å². The van der Waals surface area contributed by atoms with Crippen molar-refractivity contribution < 1.29 is 31.5 Å². The van der Waals surface area contributed by atoms with Gasteiger partial charge in [0.25, 0.3) is 5.91 Å². The number of alkyl halides is 3. The van der Waals surface area contributed by atoms with Gasteiger partial charge in [0.2, 0.25) is 5.91 Å². The standard InChI is InChI=1S/C20H17F5N2O2/c21-14-6-7-16(22)15(10-14)19(29)26-17(11-27-8-2-5-18(27)28)12-3-1-4-13(9-12)20(23,24)25/h1,3-4,6-7,9-10,17H,2,5,8,11H2,(H,26,29). The van der Waals surface area contributed by atoms with Crippen LogP contribution in [0, 0.1) is 11.6 Å². The van der Waals surface area contributed by atoms with Gasteiger partial charge in [0.15, 0.2) is 0 Å². The largest absolute Gasteiger partial charge is 0.416 e. The maximum Gasteiger partial charge on any atom is 0.416 e. The smallest absolute Gasteiger partial charge is 0.343 e. The highest BCUT2D eigenvalue weighted by molar-refractivity contribution is 5.94. The van der Waals surface area contributed by atoms with Crippen LogP contribution >= 0.6 is 0 Å². The summed E-state index contributed by atoms with van der Waals surface area (Å²) in [4.78, 5) is 25.9. The predicted octanol–water partition coefficient (Wildman–Crippen LogP) is 4.08. The molecule has 1 heterocycles. The first-order valence-corrected chi connectivity index (χ1v) is 8.86. The first-order valence-electron chi connectivity index (χ1n) is 8.86. The molecular weight excluding hydrogens is 395 g/mol. The van der Waals surface area contributed by atoms with Crippen molar-refractivity contribution >= 4 is 11.8 Å². The molecule has 1 aliphatic rings.